The Morgan fingerprint density at radius 2 is 1.32 bits per heavy atom. The fourth-order valence-corrected chi connectivity index (χ4v) is 2.96. The van der Waals surface area contributed by atoms with Gasteiger partial charge in [-0.1, -0.05) is 0 Å². The van der Waals surface area contributed by atoms with E-state index in [0.29, 0.717) is 0 Å². The first kappa shape index (κ1) is 15.7. The molecule has 120 valence electrons. The van der Waals surface area contributed by atoms with E-state index in [1.807, 2.05) is 6.07 Å². The highest BCUT2D eigenvalue weighted by Crippen LogP contribution is 2.56. The molecular weight excluding hydrogens is 279 g/mol. The molecule has 1 saturated heterocycles. The first-order chi connectivity index (χ1) is 10.2. The Labute approximate surface area is 133 Å². The topological polar surface area (TPSA) is 36.9 Å². The van der Waals surface area contributed by atoms with E-state index in [-0.39, 0.29) is 23.6 Å². The molecule has 2 aliphatic rings. The van der Waals surface area contributed by atoms with Crippen LogP contribution in [0.5, 0.6) is 11.5 Å². The summed E-state index contributed by atoms with van der Waals surface area (Å²) in [6.07, 6.45) is 2.11. The molecule has 0 atom stereocenters. The molecule has 0 unspecified atom stereocenters. The van der Waals surface area contributed by atoms with E-state index in [9.17, 15) is 0 Å². The Balaban J connectivity index is 1.95. The van der Waals surface area contributed by atoms with Crippen LogP contribution in [0.4, 0.5) is 0 Å². The summed E-state index contributed by atoms with van der Waals surface area (Å²) in [5, 5.41) is -0.0904. The highest BCUT2D eigenvalue weighted by atomic mass is 16.7. The Kier molecular flexibility index (Phi) is 3.50. The van der Waals surface area contributed by atoms with Crippen LogP contribution in [0.15, 0.2) is 18.2 Å². The van der Waals surface area contributed by atoms with Crippen LogP contribution >= 0.6 is 0 Å². The number of benzene rings is 1. The number of rotatable bonds is 4. The van der Waals surface area contributed by atoms with Crippen molar-refractivity contribution >= 4 is 7.12 Å². The second kappa shape index (κ2) is 4.90. The van der Waals surface area contributed by atoms with Crippen LogP contribution in [0.2, 0.25) is 0 Å². The molecule has 3 rings (SSSR count). The van der Waals surface area contributed by atoms with Gasteiger partial charge in [-0.3, -0.25) is 0 Å². The lowest BCUT2D eigenvalue weighted by Crippen LogP contribution is -2.41. The fourth-order valence-electron chi connectivity index (χ4n) is 2.96. The summed E-state index contributed by atoms with van der Waals surface area (Å²) in [5.74, 6) is 1.61. The van der Waals surface area contributed by atoms with Gasteiger partial charge in [-0.2, -0.15) is 0 Å². The molecule has 0 aromatic heterocycles. The molecule has 1 saturated carbocycles. The van der Waals surface area contributed by atoms with Crippen LogP contribution in [0.3, 0.4) is 0 Å². The van der Waals surface area contributed by atoms with Gasteiger partial charge in [0, 0.05) is 11.4 Å². The van der Waals surface area contributed by atoms with Crippen LogP contribution in [0, 0.1) is 0 Å². The lowest BCUT2D eigenvalue weighted by Gasteiger charge is -2.32. The van der Waals surface area contributed by atoms with E-state index in [1.54, 1.807) is 14.2 Å². The quantitative estimate of drug-likeness (QED) is 0.799. The monoisotopic (exact) mass is 304 g/mol. The summed E-state index contributed by atoms with van der Waals surface area (Å²) in [4.78, 5) is 0. The average Bonchev–Trinajstić information content (AvgIpc) is 3.23. The SMILES string of the molecule is COc1cc(OC)cc(C2(B3OC(C)(C)C(C)(C)O3)CC2)c1. The van der Waals surface area contributed by atoms with E-state index in [1.165, 1.54) is 5.56 Å². The maximum Gasteiger partial charge on any atom is 0.469 e. The van der Waals surface area contributed by atoms with Crippen molar-refractivity contribution in [3.8, 4) is 11.5 Å². The lowest BCUT2D eigenvalue weighted by molar-refractivity contribution is 0.00578. The van der Waals surface area contributed by atoms with Crippen molar-refractivity contribution in [3.63, 3.8) is 0 Å². The number of hydrogen-bond acceptors (Lipinski definition) is 4. The zero-order valence-corrected chi connectivity index (χ0v) is 14.4. The molecule has 1 aromatic carbocycles. The summed E-state index contributed by atoms with van der Waals surface area (Å²) < 4.78 is 23.4. The fraction of sp³-hybridized carbons (Fsp3) is 0.647. The minimum Gasteiger partial charge on any atom is -0.497 e. The maximum absolute atomic E-state index is 6.29. The van der Waals surface area contributed by atoms with E-state index >= 15 is 0 Å². The van der Waals surface area contributed by atoms with Gasteiger partial charge in [0.25, 0.3) is 0 Å². The van der Waals surface area contributed by atoms with E-state index in [4.69, 9.17) is 18.8 Å². The zero-order chi connectivity index (χ0) is 16.2. The molecule has 1 aliphatic heterocycles. The Hall–Kier alpha value is -1.20. The largest absolute Gasteiger partial charge is 0.497 e. The standard InChI is InChI=1S/C17H25BO4/c1-15(2)16(3,4)22-18(21-15)17(7-8-17)12-9-13(19-5)11-14(10-12)20-6/h9-11H,7-8H2,1-6H3. The van der Waals surface area contributed by atoms with Gasteiger partial charge < -0.3 is 18.8 Å². The molecular formula is C17H25BO4. The predicted molar refractivity (Wildman–Crippen MR) is 86.5 cm³/mol. The molecule has 2 fully saturated rings. The first-order valence-corrected chi connectivity index (χ1v) is 7.83. The van der Waals surface area contributed by atoms with Gasteiger partial charge in [0.05, 0.1) is 25.4 Å². The lowest BCUT2D eigenvalue weighted by atomic mass is 9.64. The molecule has 0 bridgehead atoms. The molecule has 0 radical (unpaired) electrons. The van der Waals surface area contributed by atoms with Crippen LogP contribution in [0.25, 0.3) is 0 Å². The van der Waals surface area contributed by atoms with Crippen molar-refractivity contribution in [1.82, 2.24) is 0 Å². The van der Waals surface area contributed by atoms with E-state index < -0.39 is 0 Å². The minimum absolute atomic E-state index is 0.0904. The van der Waals surface area contributed by atoms with Crippen LogP contribution in [-0.2, 0) is 14.6 Å². The van der Waals surface area contributed by atoms with Crippen molar-refractivity contribution in [1.29, 1.82) is 0 Å². The van der Waals surface area contributed by atoms with E-state index in [0.717, 1.165) is 24.3 Å². The zero-order valence-electron chi connectivity index (χ0n) is 14.4. The summed E-state index contributed by atoms with van der Waals surface area (Å²) >= 11 is 0. The Morgan fingerprint density at radius 1 is 0.864 bits per heavy atom. The highest BCUT2D eigenvalue weighted by Gasteiger charge is 2.65. The van der Waals surface area contributed by atoms with Gasteiger partial charge in [0.2, 0.25) is 0 Å². The van der Waals surface area contributed by atoms with Crippen molar-refractivity contribution < 1.29 is 18.8 Å². The van der Waals surface area contributed by atoms with Crippen molar-refractivity contribution in [2.75, 3.05) is 14.2 Å². The smallest absolute Gasteiger partial charge is 0.469 e. The van der Waals surface area contributed by atoms with Gasteiger partial charge in [0.1, 0.15) is 11.5 Å². The number of methoxy groups -OCH3 is 2. The third-order valence-electron chi connectivity index (χ3n) is 5.42. The van der Waals surface area contributed by atoms with Crippen molar-refractivity contribution in [2.45, 2.75) is 57.1 Å². The first-order valence-electron chi connectivity index (χ1n) is 7.83. The van der Waals surface area contributed by atoms with Crippen LogP contribution in [-0.4, -0.2) is 32.5 Å². The molecule has 4 nitrogen and oxygen atoms in total. The average molecular weight is 304 g/mol. The predicted octanol–water partition coefficient (Wildman–Crippen LogP) is 3.37. The molecule has 1 heterocycles. The molecule has 5 heteroatoms. The molecule has 0 amide bonds. The van der Waals surface area contributed by atoms with E-state index in [2.05, 4.69) is 39.8 Å². The highest BCUT2D eigenvalue weighted by molar-refractivity contribution is 6.51. The normalized spacial score (nSPS) is 24.2. The second-order valence-electron chi connectivity index (χ2n) is 7.35. The summed E-state index contributed by atoms with van der Waals surface area (Å²) in [7, 11) is 3.12. The molecule has 0 N–H and O–H groups in total. The van der Waals surface area contributed by atoms with Gasteiger partial charge in [0.15, 0.2) is 0 Å². The van der Waals surface area contributed by atoms with Crippen LogP contribution in [0.1, 0.15) is 46.1 Å². The number of hydrogen-bond donors (Lipinski definition) is 0. The Bertz CT molecular complexity index is 540. The molecule has 1 aliphatic carbocycles. The summed E-state index contributed by atoms with van der Waals surface area (Å²) in [5.41, 5.74) is 0.550. The van der Waals surface area contributed by atoms with Crippen molar-refractivity contribution in [2.24, 2.45) is 0 Å². The minimum atomic E-state index is -0.309. The molecule has 22 heavy (non-hydrogen) atoms. The van der Waals surface area contributed by atoms with Crippen LogP contribution < -0.4 is 9.47 Å². The summed E-state index contributed by atoms with van der Waals surface area (Å²) in [6, 6.07) is 6.03. The van der Waals surface area contributed by atoms with Gasteiger partial charge in [-0.05, 0) is 58.2 Å². The summed E-state index contributed by atoms with van der Waals surface area (Å²) in [6.45, 7) is 8.37. The molecule has 1 aromatic rings. The van der Waals surface area contributed by atoms with Gasteiger partial charge in [-0.15, -0.1) is 0 Å². The maximum atomic E-state index is 6.29. The number of ether oxygens (including phenoxy) is 2. The molecule has 0 spiro atoms. The third kappa shape index (κ3) is 2.31. The van der Waals surface area contributed by atoms with Crippen molar-refractivity contribution in [3.05, 3.63) is 23.8 Å². The van der Waals surface area contributed by atoms with Gasteiger partial charge in [-0.25, -0.2) is 0 Å². The van der Waals surface area contributed by atoms with Gasteiger partial charge >= 0.3 is 7.12 Å². The Morgan fingerprint density at radius 3 is 1.68 bits per heavy atom. The third-order valence-corrected chi connectivity index (χ3v) is 5.42. The second-order valence-corrected chi connectivity index (χ2v) is 7.35.